The molecule has 1 aliphatic rings. The molecule has 1 N–H and O–H groups in total. The van der Waals surface area contributed by atoms with Crippen molar-refractivity contribution < 1.29 is 32.2 Å². The van der Waals surface area contributed by atoms with Crippen LogP contribution in [0.2, 0.25) is 0 Å². The number of rotatable bonds is 8. The number of carbonyl (C=O) groups is 1. The summed E-state index contributed by atoms with van der Waals surface area (Å²) in [6, 6.07) is 8.48. The molecular formula is C23H30N2O7S. The topological polar surface area (TPSA) is 103 Å². The molecule has 0 bridgehead atoms. The second kappa shape index (κ2) is 10.3. The van der Waals surface area contributed by atoms with Gasteiger partial charge in [0.15, 0.2) is 23.0 Å². The Morgan fingerprint density at radius 1 is 1.00 bits per heavy atom. The number of likely N-dealkylation sites (N-methyl/N-ethyl adjacent to an activating group) is 1. The van der Waals surface area contributed by atoms with Crippen molar-refractivity contribution in [2.24, 2.45) is 5.92 Å². The molecule has 0 fully saturated rings. The zero-order valence-electron chi connectivity index (χ0n) is 19.5. The number of hydrogen-bond acceptors (Lipinski definition) is 7. The number of nitrogens with zero attached hydrogens (tertiary/aromatic N) is 1. The Labute approximate surface area is 194 Å². The van der Waals surface area contributed by atoms with Gasteiger partial charge >= 0.3 is 0 Å². The fourth-order valence-corrected chi connectivity index (χ4v) is 4.74. The molecule has 9 nitrogen and oxygen atoms in total. The Hall–Kier alpha value is -2.98. The fourth-order valence-electron chi connectivity index (χ4n) is 3.39. The van der Waals surface area contributed by atoms with Gasteiger partial charge < -0.3 is 23.8 Å². The van der Waals surface area contributed by atoms with Crippen molar-refractivity contribution in [2.45, 2.75) is 31.2 Å². The Balaban J connectivity index is 1.85. The summed E-state index contributed by atoms with van der Waals surface area (Å²) in [4.78, 5) is 14.7. The van der Waals surface area contributed by atoms with Crippen LogP contribution in [0.25, 0.3) is 0 Å². The highest BCUT2D eigenvalue weighted by Gasteiger charge is 2.32. The molecule has 0 saturated heterocycles. The van der Waals surface area contributed by atoms with Crippen molar-refractivity contribution in [1.29, 1.82) is 0 Å². The molecule has 1 amide bonds. The molecule has 180 valence electrons. The predicted octanol–water partition coefficient (Wildman–Crippen LogP) is 2.83. The quantitative estimate of drug-likeness (QED) is 0.622. The molecule has 0 spiro atoms. The minimum absolute atomic E-state index is 0.000954. The number of fused-ring (bicyclic) bond motifs is 1. The lowest BCUT2D eigenvalue weighted by Gasteiger charge is -2.27. The first kappa shape index (κ1) is 24.7. The monoisotopic (exact) mass is 478 g/mol. The van der Waals surface area contributed by atoms with E-state index in [1.165, 1.54) is 31.3 Å². The number of carbonyl (C=O) groups excluding carboxylic acids is 1. The first-order valence-corrected chi connectivity index (χ1v) is 12.1. The van der Waals surface area contributed by atoms with Crippen LogP contribution >= 0.6 is 0 Å². The fraction of sp³-hybridized carbons (Fsp3) is 0.435. The number of amides is 1. The van der Waals surface area contributed by atoms with Crippen molar-refractivity contribution >= 4 is 21.6 Å². The first-order valence-electron chi connectivity index (χ1n) is 10.6. The van der Waals surface area contributed by atoms with Crippen LogP contribution in [0.3, 0.4) is 0 Å². The smallest absolute Gasteiger partial charge is 0.245 e. The highest BCUT2D eigenvalue weighted by Crippen LogP contribution is 2.33. The molecule has 2 aromatic rings. The van der Waals surface area contributed by atoms with E-state index in [0.717, 1.165) is 0 Å². The van der Waals surface area contributed by atoms with Gasteiger partial charge in [-0.05, 0) is 30.2 Å². The van der Waals surface area contributed by atoms with Crippen molar-refractivity contribution in [1.82, 2.24) is 4.72 Å². The third-order valence-electron chi connectivity index (χ3n) is 5.33. The third-order valence-corrected chi connectivity index (χ3v) is 6.77. The molecular weight excluding hydrogens is 448 g/mol. The Morgan fingerprint density at radius 3 is 2.30 bits per heavy atom. The van der Waals surface area contributed by atoms with Gasteiger partial charge in [-0.1, -0.05) is 13.8 Å². The standard InChI is InChI=1S/C23H30N2O7S/c1-15(2)22(23(26)25(3)16-7-9-18(29-4)20(13-16)30-5)24-33(27,28)17-8-10-19-21(14-17)32-12-6-11-31-19/h7-10,13-15,22,24H,6,11-12H2,1-5H3. The summed E-state index contributed by atoms with van der Waals surface area (Å²) < 4.78 is 50.6. The molecule has 0 aliphatic carbocycles. The second-order valence-corrected chi connectivity index (χ2v) is 9.65. The van der Waals surface area contributed by atoms with Crippen molar-refractivity contribution in [3.8, 4) is 23.0 Å². The van der Waals surface area contributed by atoms with Crippen LogP contribution in [-0.2, 0) is 14.8 Å². The summed E-state index contributed by atoms with van der Waals surface area (Å²) in [5.74, 6) is 1.13. The van der Waals surface area contributed by atoms with Gasteiger partial charge in [0.1, 0.15) is 6.04 Å². The Morgan fingerprint density at radius 2 is 1.67 bits per heavy atom. The number of benzene rings is 2. The molecule has 10 heteroatoms. The molecule has 0 saturated carbocycles. The van der Waals surface area contributed by atoms with Gasteiger partial charge in [0, 0.05) is 31.3 Å². The van der Waals surface area contributed by atoms with Crippen molar-refractivity contribution in [3.63, 3.8) is 0 Å². The lowest BCUT2D eigenvalue weighted by Crippen LogP contribution is -2.50. The lowest BCUT2D eigenvalue weighted by molar-refractivity contribution is -0.120. The Kier molecular flexibility index (Phi) is 7.70. The zero-order chi connectivity index (χ0) is 24.2. The molecule has 33 heavy (non-hydrogen) atoms. The van der Waals surface area contributed by atoms with Crippen LogP contribution in [0.5, 0.6) is 23.0 Å². The van der Waals surface area contributed by atoms with E-state index < -0.39 is 22.0 Å². The molecule has 0 radical (unpaired) electrons. The maximum atomic E-state index is 13.3. The van der Waals surface area contributed by atoms with Crippen LogP contribution in [-0.4, -0.2) is 54.8 Å². The van der Waals surface area contributed by atoms with E-state index in [-0.39, 0.29) is 10.8 Å². The van der Waals surface area contributed by atoms with E-state index in [1.54, 1.807) is 45.2 Å². The normalized spacial score (nSPS) is 14.4. The average Bonchev–Trinajstić information content (AvgIpc) is 3.06. The Bertz CT molecular complexity index is 1100. The second-order valence-electron chi connectivity index (χ2n) is 7.94. The van der Waals surface area contributed by atoms with E-state index in [0.29, 0.717) is 48.3 Å². The van der Waals surface area contributed by atoms with Gasteiger partial charge in [0.2, 0.25) is 15.9 Å². The number of anilines is 1. The van der Waals surface area contributed by atoms with E-state index in [1.807, 2.05) is 0 Å². The lowest BCUT2D eigenvalue weighted by atomic mass is 10.0. The van der Waals surface area contributed by atoms with Crippen LogP contribution in [0, 0.1) is 5.92 Å². The van der Waals surface area contributed by atoms with Crippen LogP contribution < -0.4 is 28.6 Å². The van der Waals surface area contributed by atoms with Gasteiger partial charge in [0.25, 0.3) is 0 Å². The molecule has 1 heterocycles. The zero-order valence-corrected chi connectivity index (χ0v) is 20.3. The molecule has 2 aromatic carbocycles. The van der Waals surface area contributed by atoms with Gasteiger partial charge in [-0.2, -0.15) is 4.72 Å². The first-order chi connectivity index (χ1) is 15.7. The van der Waals surface area contributed by atoms with E-state index >= 15 is 0 Å². The number of nitrogens with one attached hydrogen (secondary N) is 1. The van der Waals surface area contributed by atoms with Gasteiger partial charge in [0.05, 0.1) is 32.3 Å². The molecule has 3 rings (SSSR count). The highest BCUT2D eigenvalue weighted by atomic mass is 32.2. The van der Waals surface area contributed by atoms with Crippen molar-refractivity contribution in [2.75, 3.05) is 39.4 Å². The molecule has 1 unspecified atom stereocenters. The molecule has 1 aliphatic heterocycles. The van der Waals surface area contributed by atoms with Crippen LogP contribution in [0.4, 0.5) is 5.69 Å². The van der Waals surface area contributed by atoms with E-state index in [9.17, 15) is 13.2 Å². The predicted molar refractivity (Wildman–Crippen MR) is 124 cm³/mol. The number of ether oxygens (including phenoxy) is 4. The maximum absolute atomic E-state index is 13.3. The number of hydrogen-bond donors (Lipinski definition) is 1. The largest absolute Gasteiger partial charge is 0.493 e. The van der Waals surface area contributed by atoms with Gasteiger partial charge in [-0.3, -0.25) is 4.79 Å². The van der Waals surface area contributed by atoms with Gasteiger partial charge in [-0.25, -0.2) is 8.42 Å². The minimum atomic E-state index is -4.01. The highest BCUT2D eigenvalue weighted by molar-refractivity contribution is 7.89. The summed E-state index contributed by atoms with van der Waals surface area (Å²) in [5.41, 5.74) is 0.540. The summed E-state index contributed by atoms with van der Waals surface area (Å²) in [6.45, 7) is 4.50. The summed E-state index contributed by atoms with van der Waals surface area (Å²) >= 11 is 0. The molecule has 1 atom stereocenters. The number of sulfonamides is 1. The third kappa shape index (κ3) is 5.51. The van der Waals surface area contributed by atoms with Crippen LogP contribution in [0.1, 0.15) is 20.3 Å². The average molecular weight is 479 g/mol. The maximum Gasteiger partial charge on any atom is 0.245 e. The summed E-state index contributed by atoms with van der Waals surface area (Å²) in [7, 11) is 0.599. The summed E-state index contributed by atoms with van der Waals surface area (Å²) in [5, 5.41) is 0. The SMILES string of the molecule is COc1ccc(N(C)C(=O)C(NS(=O)(=O)c2ccc3c(c2)OCCCO3)C(C)C)cc1OC. The van der Waals surface area contributed by atoms with Crippen LogP contribution in [0.15, 0.2) is 41.3 Å². The molecule has 0 aromatic heterocycles. The van der Waals surface area contributed by atoms with Gasteiger partial charge in [-0.15, -0.1) is 0 Å². The summed E-state index contributed by atoms with van der Waals surface area (Å²) in [6.07, 6.45) is 0.710. The number of methoxy groups -OCH3 is 2. The van der Waals surface area contributed by atoms with Crippen molar-refractivity contribution in [3.05, 3.63) is 36.4 Å². The van der Waals surface area contributed by atoms with E-state index in [2.05, 4.69) is 4.72 Å². The minimum Gasteiger partial charge on any atom is -0.493 e. The van der Waals surface area contributed by atoms with E-state index in [4.69, 9.17) is 18.9 Å².